The van der Waals surface area contributed by atoms with Crippen LogP contribution in [0.5, 0.6) is 5.75 Å². The Labute approximate surface area is 141 Å². The van der Waals surface area contributed by atoms with Crippen molar-refractivity contribution in [3.63, 3.8) is 0 Å². The van der Waals surface area contributed by atoms with Gasteiger partial charge in [-0.3, -0.25) is 0 Å². The molecule has 0 atom stereocenters. The van der Waals surface area contributed by atoms with Crippen molar-refractivity contribution in [2.45, 2.75) is 19.4 Å². The fraction of sp³-hybridized carbons (Fsp3) is 0.182. The van der Waals surface area contributed by atoms with E-state index in [0.717, 1.165) is 31.7 Å². The predicted molar refractivity (Wildman–Crippen MR) is 99.6 cm³/mol. The molecule has 0 N–H and O–H groups in total. The van der Waals surface area contributed by atoms with Gasteiger partial charge in [-0.1, -0.05) is 48.5 Å². The van der Waals surface area contributed by atoms with E-state index in [1.165, 1.54) is 32.9 Å². The molecule has 0 unspecified atom stereocenters. The van der Waals surface area contributed by atoms with Gasteiger partial charge in [0.15, 0.2) is 0 Å². The van der Waals surface area contributed by atoms with Crippen molar-refractivity contribution in [1.82, 2.24) is 4.57 Å². The average Bonchev–Trinajstić information content (AvgIpc) is 3.02. The normalized spacial score (nSPS) is 14.3. The summed E-state index contributed by atoms with van der Waals surface area (Å²) in [6.45, 7) is 1.82. The summed E-state index contributed by atoms with van der Waals surface area (Å²) in [4.78, 5) is 0. The first-order valence-corrected chi connectivity index (χ1v) is 8.65. The van der Waals surface area contributed by atoms with Crippen molar-refractivity contribution in [2.75, 3.05) is 6.61 Å². The van der Waals surface area contributed by atoms with Crippen molar-refractivity contribution in [3.05, 3.63) is 66.7 Å². The Morgan fingerprint density at radius 3 is 2.58 bits per heavy atom. The van der Waals surface area contributed by atoms with Crippen LogP contribution in [-0.2, 0) is 6.54 Å². The molecule has 4 aromatic rings. The third kappa shape index (κ3) is 2.03. The van der Waals surface area contributed by atoms with Crippen LogP contribution < -0.4 is 4.74 Å². The van der Waals surface area contributed by atoms with E-state index in [-0.39, 0.29) is 0 Å². The summed E-state index contributed by atoms with van der Waals surface area (Å²) in [5.41, 5.74) is 3.81. The lowest BCUT2D eigenvalue weighted by Crippen LogP contribution is -2.00. The van der Waals surface area contributed by atoms with E-state index in [4.69, 9.17) is 4.74 Å². The summed E-state index contributed by atoms with van der Waals surface area (Å²) in [5, 5.41) is 3.82. The summed E-state index contributed by atoms with van der Waals surface area (Å²) in [6, 6.07) is 23.9. The summed E-state index contributed by atoms with van der Waals surface area (Å²) in [5.74, 6) is 1.000. The number of ether oxygens (including phenoxy) is 1. The van der Waals surface area contributed by atoms with Gasteiger partial charge in [0.1, 0.15) is 5.75 Å². The number of hydrogen-bond donors (Lipinski definition) is 0. The molecule has 0 saturated heterocycles. The maximum atomic E-state index is 6.16. The van der Waals surface area contributed by atoms with Crippen molar-refractivity contribution in [2.24, 2.45) is 0 Å². The molecule has 0 saturated carbocycles. The number of nitrogens with zero attached hydrogens (tertiary/aromatic N) is 1. The van der Waals surface area contributed by atoms with E-state index in [1.54, 1.807) is 0 Å². The zero-order valence-corrected chi connectivity index (χ0v) is 13.5. The monoisotopic (exact) mass is 313 g/mol. The van der Waals surface area contributed by atoms with E-state index in [2.05, 4.69) is 71.3 Å². The van der Waals surface area contributed by atoms with Crippen LogP contribution in [0, 0.1) is 0 Å². The molecule has 0 bridgehead atoms. The van der Waals surface area contributed by atoms with E-state index in [0.29, 0.717) is 0 Å². The van der Waals surface area contributed by atoms with Gasteiger partial charge in [0, 0.05) is 23.0 Å². The van der Waals surface area contributed by atoms with Crippen LogP contribution in [-0.4, -0.2) is 11.2 Å². The summed E-state index contributed by atoms with van der Waals surface area (Å²) < 4.78 is 8.62. The van der Waals surface area contributed by atoms with Crippen LogP contribution in [0.3, 0.4) is 0 Å². The molecule has 3 aromatic carbocycles. The highest BCUT2D eigenvalue weighted by atomic mass is 16.5. The van der Waals surface area contributed by atoms with Crippen LogP contribution in [0.2, 0.25) is 0 Å². The number of aromatic nitrogens is 1. The van der Waals surface area contributed by atoms with Gasteiger partial charge in [-0.05, 0) is 41.8 Å². The van der Waals surface area contributed by atoms with Crippen molar-refractivity contribution in [3.8, 4) is 17.0 Å². The first-order valence-electron chi connectivity index (χ1n) is 8.65. The quantitative estimate of drug-likeness (QED) is 0.410. The van der Waals surface area contributed by atoms with Gasteiger partial charge in [-0.2, -0.15) is 0 Å². The third-order valence-electron chi connectivity index (χ3n) is 4.99. The molecule has 118 valence electrons. The maximum absolute atomic E-state index is 6.16. The minimum absolute atomic E-state index is 0.786. The van der Waals surface area contributed by atoms with Crippen LogP contribution in [0.4, 0.5) is 0 Å². The molecule has 2 heterocycles. The molecular weight excluding hydrogens is 294 g/mol. The Kier molecular flexibility index (Phi) is 3.08. The molecule has 5 rings (SSSR count). The topological polar surface area (TPSA) is 14.2 Å². The van der Waals surface area contributed by atoms with Crippen LogP contribution in [0.15, 0.2) is 66.7 Å². The Hall–Kier alpha value is -2.74. The maximum Gasteiger partial charge on any atom is 0.129 e. The van der Waals surface area contributed by atoms with Gasteiger partial charge in [-0.15, -0.1) is 0 Å². The SMILES string of the molecule is c1ccc2c3c(ccc2c1)OCCCCn1c-3cc2ccccc21. The summed E-state index contributed by atoms with van der Waals surface area (Å²) >= 11 is 0. The molecule has 1 aliphatic rings. The smallest absolute Gasteiger partial charge is 0.129 e. The predicted octanol–water partition coefficient (Wildman–Crippen LogP) is 5.63. The number of benzene rings is 3. The van der Waals surface area contributed by atoms with E-state index in [9.17, 15) is 0 Å². The summed E-state index contributed by atoms with van der Waals surface area (Å²) in [7, 11) is 0. The molecular formula is C22H19NO. The van der Waals surface area contributed by atoms with Gasteiger partial charge < -0.3 is 9.30 Å². The Morgan fingerprint density at radius 1 is 0.792 bits per heavy atom. The van der Waals surface area contributed by atoms with Crippen molar-refractivity contribution >= 4 is 21.7 Å². The largest absolute Gasteiger partial charge is 0.493 e. The Bertz CT molecular complexity index is 1040. The molecule has 0 spiro atoms. The van der Waals surface area contributed by atoms with Gasteiger partial charge in [-0.25, -0.2) is 0 Å². The van der Waals surface area contributed by atoms with Crippen molar-refractivity contribution < 1.29 is 4.74 Å². The zero-order valence-electron chi connectivity index (χ0n) is 13.5. The van der Waals surface area contributed by atoms with Crippen LogP contribution in [0.1, 0.15) is 12.8 Å². The fourth-order valence-electron chi connectivity index (χ4n) is 3.85. The van der Waals surface area contributed by atoms with Crippen LogP contribution >= 0.6 is 0 Å². The number of hydrogen-bond acceptors (Lipinski definition) is 1. The standard InChI is InChI=1S/C22H19NO/c1-3-9-18-16(7-1)11-12-21-22(18)20-15-17-8-2-4-10-19(17)23(20)13-5-6-14-24-21/h1-4,7-12,15H,5-6,13-14H2. The second kappa shape index (κ2) is 5.41. The molecule has 0 fully saturated rings. The molecule has 2 heteroatoms. The van der Waals surface area contributed by atoms with Gasteiger partial charge in [0.2, 0.25) is 0 Å². The van der Waals surface area contributed by atoms with Gasteiger partial charge >= 0.3 is 0 Å². The second-order valence-electron chi connectivity index (χ2n) is 6.46. The number of para-hydroxylation sites is 1. The van der Waals surface area contributed by atoms with Crippen molar-refractivity contribution in [1.29, 1.82) is 0 Å². The average molecular weight is 313 g/mol. The highest BCUT2D eigenvalue weighted by Gasteiger charge is 2.18. The molecule has 1 aliphatic heterocycles. The van der Waals surface area contributed by atoms with E-state index in [1.807, 2.05) is 0 Å². The highest BCUT2D eigenvalue weighted by Crippen LogP contribution is 2.40. The molecule has 0 aliphatic carbocycles. The number of aryl methyl sites for hydroxylation is 1. The molecule has 1 aromatic heterocycles. The molecule has 24 heavy (non-hydrogen) atoms. The molecule has 0 radical (unpaired) electrons. The van der Waals surface area contributed by atoms with E-state index < -0.39 is 0 Å². The minimum Gasteiger partial charge on any atom is -0.493 e. The lowest BCUT2D eigenvalue weighted by Gasteiger charge is -2.14. The highest BCUT2D eigenvalue weighted by molar-refractivity contribution is 6.01. The lowest BCUT2D eigenvalue weighted by atomic mass is 10.0. The lowest BCUT2D eigenvalue weighted by molar-refractivity contribution is 0.307. The fourth-order valence-corrected chi connectivity index (χ4v) is 3.85. The Morgan fingerprint density at radius 2 is 1.62 bits per heavy atom. The molecule has 0 amide bonds. The second-order valence-corrected chi connectivity index (χ2v) is 6.46. The van der Waals surface area contributed by atoms with Crippen LogP contribution in [0.25, 0.3) is 32.9 Å². The van der Waals surface area contributed by atoms with Gasteiger partial charge in [0.05, 0.1) is 12.3 Å². The Balaban J connectivity index is 1.92. The first-order chi connectivity index (χ1) is 11.9. The summed E-state index contributed by atoms with van der Waals surface area (Å²) in [6.07, 6.45) is 2.22. The first kappa shape index (κ1) is 13.7. The zero-order chi connectivity index (χ0) is 15.9. The van der Waals surface area contributed by atoms with Gasteiger partial charge in [0.25, 0.3) is 0 Å². The third-order valence-corrected chi connectivity index (χ3v) is 4.99. The molecule has 2 nitrogen and oxygen atoms in total. The number of fused-ring (bicyclic) bond motifs is 7. The minimum atomic E-state index is 0.786. The number of rotatable bonds is 0. The van der Waals surface area contributed by atoms with E-state index >= 15 is 0 Å².